The lowest BCUT2D eigenvalue weighted by molar-refractivity contribution is -0.115. The molecule has 1 N–H and O–H groups in total. The number of pyridine rings is 1. The first-order valence-electron chi connectivity index (χ1n) is 7.76. The van der Waals surface area contributed by atoms with Gasteiger partial charge in [0.1, 0.15) is 6.33 Å². The Hall–Kier alpha value is -3.46. The number of amides is 1. The topological polar surface area (TPSA) is 98.5 Å². The number of thiazole rings is 1. The average molecular weight is 363 g/mol. The smallest absolute Gasteiger partial charge is 0.230 e. The molecule has 0 bridgehead atoms. The van der Waals surface area contributed by atoms with Gasteiger partial charge in [-0.05, 0) is 40.3 Å². The Morgan fingerprint density at radius 2 is 2.08 bits per heavy atom. The van der Waals surface area contributed by atoms with Crippen molar-refractivity contribution in [1.82, 2.24) is 30.2 Å². The van der Waals surface area contributed by atoms with Crippen molar-refractivity contribution in [2.45, 2.75) is 6.42 Å². The van der Waals surface area contributed by atoms with Gasteiger partial charge >= 0.3 is 0 Å². The molecule has 3 aromatic heterocycles. The van der Waals surface area contributed by atoms with Gasteiger partial charge < -0.3 is 5.32 Å². The van der Waals surface area contributed by atoms with E-state index >= 15 is 0 Å². The van der Waals surface area contributed by atoms with Gasteiger partial charge in [-0.3, -0.25) is 9.78 Å². The lowest BCUT2D eigenvalue weighted by Crippen LogP contribution is -2.14. The highest BCUT2D eigenvalue weighted by Crippen LogP contribution is 2.24. The second-order valence-corrected chi connectivity index (χ2v) is 6.28. The molecule has 0 aliphatic rings. The molecule has 0 aliphatic heterocycles. The highest BCUT2D eigenvalue weighted by molar-refractivity contribution is 7.14. The first kappa shape index (κ1) is 16.0. The van der Waals surface area contributed by atoms with Gasteiger partial charge in [0.2, 0.25) is 5.91 Å². The van der Waals surface area contributed by atoms with E-state index in [4.69, 9.17) is 0 Å². The van der Waals surface area contributed by atoms with Crippen LogP contribution < -0.4 is 5.32 Å². The Morgan fingerprint density at radius 1 is 1.19 bits per heavy atom. The number of rotatable bonds is 5. The highest BCUT2D eigenvalue weighted by atomic mass is 32.1. The molecule has 0 unspecified atom stereocenters. The highest BCUT2D eigenvalue weighted by Gasteiger charge is 2.09. The molecule has 0 aliphatic carbocycles. The summed E-state index contributed by atoms with van der Waals surface area (Å²) in [7, 11) is 0. The number of carbonyl (C=O) groups excluding carboxylic acids is 1. The summed E-state index contributed by atoms with van der Waals surface area (Å²) in [5.41, 5.74) is 3.44. The molecule has 0 fully saturated rings. The molecule has 0 radical (unpaired) electrons. The number of hydrogen-bond donors (Lipinski definition) is 1. The van der Waals surface area contributed by atoms with Gasteiger partial charge in [0, 0.05) is 23.3 Å². The van der Waals surface area contributed by atoms with Crippen molar-refractivity contribution in [2.75, 3.05) is 5.32 Å². The van der Waals surface area contributed by atoms with Crippen molar-refractivity contribution in [3.05, 3.63) is 66.1 Å². The zero-order valence-electron chi connectivity index (χ0n) is 13.5. The number of nitrogens with zero attached hydrogens (tertiary/aromatic N) is 6. The molecule has 26 heavy (non-hydrogen) atoms. The number of aromatic nitrogens is 6. The van der Waals surface area contributed by atoms with Crippen LogP contribution in [0.2, 0.25) is 0 Å². The van der Waals surface area contributed by atoms with Crippen LogP contribution in [0.15, 0.2) is 60.5 Å². The Balaban J connectivity index is 1.39. The SMILES string of the molecule is O=C(Cc1ccc(-n2cnnn2)cc1)Nc1nc(-c2cccnc2)cs1. The standard InChI is InChI=1S/C17H13N7OS/c25-16(8-12-3-5-14(6-4-12)24-11-19-22-23-24)21-17-20-15(10-26-17)13-2-1-7-18-9-13/h1-7,9-11H,8H2,(H,20,21,25). The molecule has 0 spiro atoms. The molecule has 0 saturated heterocycles. The predicted molar refractivity (Wildman–Crippen MR) is 96.8 cm³/mol. The van der Waals surface area contributed by atoms with Crippen molar-refractivity contribution >= 4 is 22.4 Å². The van der Waals surface area contributed by atoms with Crippen molar-refractivity contribution in [3.8, 4) is 16.9 Å². The van der Waals surface area contributed by atoms with E-state index in [0.717, 1.165) is 22.5 Å². The molecular formula is C17H13N7OS. The van der Waals surface area contributed by atoms with Crippen LogP contribution >= 0.6 is 11.3 Å². The molecule has 1 aromatic carbocycles. The summed E-state index contributed by atoms with van der Waals surface area (Å²) in [5.74, 6) is -0.118. The summed E-state index contributed by atoms with van der Waals surface area (Å²) in [6, 6.07) is 11.3. The minimum absolute atomic E-state index is 0.118. The van der Waals surface area contributed by atoms with Crippen LogP contribution in [0.3, 0.4) is 0 Å². The van der Waals surface area contributed by atoms with Crippen LogP contribution in [0.1, 0.15) is 5.56 Å². The van der Waals surface area contributed by atoms with Crippen LogP contribution in [0, 0.1) is 0 Å². The summed E-state index contributed by atoms with van der Waals surface area (Å²) >= 11 is 1.39. The van der Waals surface area contributed by atoms with Crippen LogP contribution in [-0.4, -0.2) is 36.1 Å². The summed E-state index contributed by atoms with van der Waals surface area (Å²) in [4.78, 5) is 20.8. The number of nitrogens with one attached hydrogen (secondary N) is 1. The third-order valence-electron chi connectivity index (χ3n) is 3.62. The van der Waals surface area contributed by atoms with Gasteiger partial charge in [0.25, 0.3) is 0 Å². The van der Waals surface area contributed by atoms with Crippen molar-refractivity contribution < 1.29 is 4.79 Å². The van der Waals surface area contributed by atoms with Gasteiger partial charge in [-0.2, -0.15) is 0 Å². The van der Waals surface area contributed by atoms with Crippen LogP contribution in [0.25, 0.3) is 16.9 Å². The second kappa shape index (κ2) is 7.19. The maximum absolute atomic E-state index is 12.2. The van der Waals surface area contributed by atoms with Gasteiger partial charge in [-0.15, -0.1) is 16.4 Å². The third-order valence-corrected chi connectivity index (χ3v) is 4.38. The Kier molecular flexibility index (Phi) is 4.44. The van der Waals surface area contributed by atoms with E-state index in [1.165, 1.54) is 17.7 Å². The fourth-order valence-electron chi connectivity index (χ4n) is 2.37. The summed E-state index contributed by atoms with van der Waals surface area (Å²) in [5, 5.41) is 16.3. The fraction of sp³-hybridized carbons (Fsp3) is 0.0588. The van der Waals surface area contributed by atoms with E-state index in [-0.39, 0.29) is 12.3 Å². The number of anilines is 1. The van der Waals surface area contributed by atoms with E-state index in [1.54, 1.807) is 17.1 Å². The quantitative estimate of drug-likeness (QED) is 0.584. The van der Waals surface area contributed by atoms with Crippen molar-refractivity contribution in [1.29, 1.82) is 0 Å². The number of carbonyl (C=O) groups is 1. The van der Waals surface area contributed by atoms with E-state index < -0.39 is 0 Å². The van der Waals surface area contributed by atoms with Crippen LogP contribution in [-0.2, 0) is 11.2 Å². The van der Waals surface area contributed by atoms with Gasteiger partial charge in [0.15, 0.2) is 5.13 Å². The normalized spacial score (nSPS) is 10.6. The molecule has 3 heterocycles. The lowest BCUT2D eigenvalue weighted by Gasteiger charge is -2.04. The summed E-state index contributed by atoms with van der Waals surface area (Å²) < 4.78 is 1.55. The number of benzene rings is 1. The molecule has 9 heteroatoms. The van der Waals surface area contributed by atoms with E-state index in [1.807, 2.05) is 41.8 Å². The summed E-state index contributed by atoms with van der Waals surface area (Å²) in [6.07, 6.45) is 5.23. The first-order valence-corrected chi connectivity index (χ1v) is 8.64. The maximum atomic E-state index is 12.2. The fourth-order valence-corrected chi connectivity index (χ4v) is 3.11. The summed E-state index contributed by atoms with van der Waals surface area (Å²) in [6.45, 7) is 0. The average Bonchev–Trinajstić information content (AvgIpc) is 3.35. The number of tetrazole rings is 1. The molecule has 0 atom stereocenters. The maximum Gasteiger partial charge on any atom is 0.230 e. The van der Waals surface area contributed by atoms with Gasteiger partial charge in [-0.1, -0.05) is 12.1 Å². The largest absolute Gasteiger partial charge is 0.302 e. The predicted octanol–water partition coefficient (Wildman–Crippen LogP) is 2.36. The van der Waals surface area contributed by atoms with E-state index in [0.29, 0.717) is 5.13 Å². The monoisotopic (exact) mass is 363 g/mol. The van der Waals surface area contributed by atoms with E-state index in [9.17, 15) is 4.79 Å². The molecule has 0 saturated carbocycles. The Bertz CT molecular complexity index is 997. The van der Waals surface area contributed by atoms with Crippen LogP contribution in [0.5, 0.6) is 0 Å². The van der Waals surface area contributed by atoms with E-state index in [2.05, 4.69) is 30.8 Å². The zero-order chi connectivity index (χ0) is 17.8. The molecule has 4 rings (SSSR count). The van der Waals surface area contributed by atoms with Gasteiger partial charge in [-0.25, -0.2) is 9.67 Å². The van der Waals surface area contributed by atoms with Crippen LogP contribution in [0.4, 0.5) is 5.13 Å². The minimum Gasteiger partial charge on any atom is -0.302 e. The van der Waals surface area contributed by atoms with Crippen molar-refractivity contribution in [2.24, 2.45) is 0 Å². The van der Waals surface area contributed by atoms with Crippen molar-refractivity contribution in [3.63, 3.8) is 0 Å². The molecule has 4 aromatic rings. The molecule has 1 amide bonds. The minimum atomic E-state index is -0.118. The first-order chi connectivity index (χ1) is 12.8. The van der Waals surface area contributed by atoms with Gasteiger partial charge in [0.05, 0.1) is 17.8 Å². The molecule has 8 nitrogen and oxygen atoms in total. The Morgan fingerprint density at radius 3 is 2.81 bits per heavy atom. The zero-order valence-corrected chi connectivity index (χ0v) is 14.3. The Labute approximate surface area is 152 Å². The molecule has 128 valence electrons. The second-order valence-electron chi connectivity index (χ2n) is 5.43. The number of hydrogen-bond acceptors (Lipinski definition) is 7. The third kappa shape index (κ3) is 3.62. The molecular weight excluding hydrogens is 350 g/mol. The lowest BCUT2D eigenvalue weighted by atomic mass is 10.1.